The standard InChI is InChI=1S/C28H34FN5O2/c1-32-17-20(23-5-3-4-6-24(23)32)18-34-14-13-25-27(34)28(36)31-16-22(33(25)2)11-12-26(35)30-15-19-7-9-21(29)10-8-19/h3-10,17,22,25,27H,11-16,18H2,1-2H3,(H,30,35)(H,31,36)/t22-,25+,27-/m0/s1. The van der Waals surface area contributed by atoms with Crippen molar-refractivity contribution in [1.82, 2.24) is 25.0 Å². The molecule has 0 saturated carbocycles. The number of likely N-dealkylation sites (N-methyl/N-ethyl adjacent to an activating group) is 1. The minimum absolute atomic E-state index is 0.0381. The molecular weight excluding hydrogens is 457 g/mol. The summed E-state index contributed by atoms with van der Waals surface area (Å²) in [6, 6.07) is 14.5. The average molecular weight is 492 g/mol. The zero-order valence-corrected chi connectivity index (χ0v) is 20.9. The monoisotopic (exact) mass is 491 g/mol. The lowest BCUT2D eigenvalue weighted by molar-refractivity contribution is -0.126. The molecule has 2 fully saturated rings. The molecule has 0 unspecified atom stereocenters. The number of hydrogen-bond donors (Lipinski definition) is 2. The topological polar surface area (TPSA) is 69.6 Å². The highest BCUT2D eigenvalue weighted by atomic mass is 19.1. The number of carbonyl (C=O) groups is 2. The predicted octanol–water partition coefficient (Wildman–Crippen LogP) is 2.79. The molecule has 2 aliphatic rings. The summed E-state index contributed by atoms with van der Waals surface area (Å²) in [5.74, 6) is -0.249. The van der Waals surface area contributed by atoms with Gasteiger partial charge in [0.25, 0.3) is 0 Å². The summed E-state index contributed by atoms with van der Waals surface area (Å²) in [7, 11) is 4.14. The van der Waals surface area contributed by atoms with Crippen molar-refractivity contribution < 1.29 is 14.0 Å². The molecule has 8 heteroatoms. The Kier molecular flexibility index (Phi) is 7.07. The maximum atomic E-state index is 13.2. The van der Waals surface area contributed by atoms with Crippen LogP contribution in [0, 0.1) is 5.82 Å². The SMILES string of the molecule is CN1[C@@H](CCC(=O)NCc2ccc(F)cc2)CNC(=O)[C@@H]2[C@H]1CCN2Cc1cn(C)c2ccccc12. The molecule has 0 aliphatic carbocycles. The smallest absolute Gasteiger partial charge is 0.239 e. The van der Waals surface area contributed by atoms with Gasteiger partial charge >= 0.3 is 0 Å². The van der Waals surface area contributed by atoms with E-state index in [-0.39, 0.29) is 35.8 Å². The number of halogens is 1. The highest BCUT2D eigenvalue weighted by Gasteiger charge is 2.45. The van der Waals surface area contributed by atoms with Gasteiger partial charge in [-0.2, -0.15) is 0 Å². The number of benzene rings is 2. The molecule has 2 N–H and O–H groups in total. The van der Waals surface area contributed by atoms with E-state index < -0.39 is 0 Å². The third-order valence-electron chi connectivity index (χ3n) is 7.81. The van der Waals surface area contributed by atoms with E-state index in [2.05, 4.69) is 69.6 Å². The van der Waals surface area contributed by atoms with Crippen molar-refractivity contribution in [2.75, 3.05) is 20.1 Å². The number of nitrogens with zero attached hydrogens (tertiary/aromatic N) is 3. The normalized spacial score (nSPS) is 22.9. The number of likely N-dealkylation sites (tertiary alicyclic amines) is 1. The van der Waals surface area contributed by atoms with Crippen molar-refractivity contribution in [2.45, 2.75) is 50.5 Å². The fraction of sp³-hybridized carbons (Fsp3) is 0.429. The molecule has 2 aliphatic heterocycles. The van der Waals surface area contributed by atoms with Crippen molar-refractivity contribution in [1.29, 1.82) is 0 Å². The van der Waals surface area contributed by atoms with Crippen LogP contribution in [0.5, 0.6) is 0 Å². The van der Waals surface area contributed by atoms with Crippen LogP contribution in [0.1, 0.15) is 30.4 Å². The third kappa shape index (κ3) is 5.01. The molecule has 3 aromatic rings. The second-order valence-corrected chi connectivity index (χ2v) is 10.1. The molecule has 190 valence electrons. The summed E-state index contributed by atoms with van der Waals surface area (Å²) in [5.41, 5.74) is 3.30. The van der Waals surface area contributed by atoms with Crippen molar-refractivity contribution in [2.24, 2.45) is 7.05 Å². The van der Waals surface area contributed by atoms with Gasteiger partial charge < -0.3 is 15.2 Å². The van der Waals surface area contributed by atoms with E-state index in [9.17, 15) is 14.0 Å². The molecule has 36 heavy (non-hydrogen) atoms. The maximum absolute atomic E-state index is 13.2. The van der Waals surface area contributed by atoms with Crippen LogP contribution in [0.3, 0.4) is 0 Å². The number of fused-ring (bicyclic) bond motifs is 2. The van der Waals surface area contributed by atoms with Gasteiger partial charge in [0, 0.05) is 68.8 Å². The number of nitrogens with one attached hydrogen (secondary N) is 2. The molecule has 3 atom stereocenters. The van der Waals surface area contributed by atoms with E-state index in [1.165, 1.54) is 28.6 Å². The van der Waals surface area contributed by atoms with Gasteiger partial charge in [-0.05, 0) is 49.2 Å². The number of para-hydroxylation sites is 1. The zero-order chi connectivity index (χ0) is 25.2. The van der Waals surface area contributed by atoms with Gasteiger partial charge in [-0.1, -0.05) is 30.3 Å². The Hall–Kier alpha value is -3.23. The van der Waals surface area contributed by atoms with Crippen LogP contribution in [0.2, 0.25) is 0 Å². The Balaban J connectivity index is 1.20. The largest absolute Gasteiger partial charge is 0.353 e. The molecule has 3 heterocycles. The van der Waals surface area contributed by atoms with E-state index in [4.69, 9.17) is 0 Å². The minimum atomic E-state index is -0.288. The van der Waals surface area contributed by atoms with Crippen molar-refractivity contribution in [3.8, 4) is 0 Å². The van der Waals surface area contributed by atoms with Crippen LogP contribution in [-0.2, 0) is 29.7 Å². The fourth-order valence-electron chi connectivity index (χ4n) is 5.79. The van der Waals surface area contributed by atoms with E-state index in [1.54, 1.807) is 12.1 Å². The lowest BCUT2D eigenvalue weighted by Crippen LogP contribution is -2.49. The summed E-state index contributed by atoms with van der Waals surface area (Å²) >= 11 is 0. The predicted molar refractivity (Wildman–Crippen MR) is 138 cm³/mol. The van der Waals surface area contributed by atoms with Crippen molar-refractivity contribution in [3.63, 3.8) is 0 Å². The van der Waals surface area contributed by atoms with E-state index >= 15 is 0 Å². The molecule has 2 aromatic carbocycles. The molecule has 5 rings (SSSR count). The molecule has 0 radical (unpaired) electrons. The summed E-state index contributed by atoms with van der Waals surface area (Å²) < 4.78 is 15.2. The van der Waals surface area contributed by atoms with Crippen LogP contribution in [0.15, 0.2) is 54.7 Å². The third-order valence-corrected chi connectivity index (χ3v) is 7.81. The average Bonchev–Trinajstić information content (AvgIpc) is 3.41. The summed E-state index contributed by atoms with van der Waals surface area (Å²) in [4.78, 5) is 30.3. The molecule has 0 bridgehead atoms. The molecular formula is C28H34FN5O2. The highest BCUT2D eigenvalue weighted by molar-refractivity contribution is 5.85. The van der Waals surface area contributed by atoms with Crippen LogP contribution in [0.4, 0.5) is 4.39 Å². The first-order chi connectivity index (χ1) is 17.4. The first-order valence-corrected chi connectivity index (χ1v) is 12.7. The molecule has 2 amide bonds. The molecule has 1 aromatic heterocycles. The molecule has 2 saturated heterocycles. The lowest BCUT2D eigenvalue weighted by Gasteiger charge is -2.33. The summed E-state index contributed by atoms with van der Waals surface area (Å²) in [6.07, 6.45) is 4.14. The maximum Gasteiger partial charge on any atom is 0.239 e. The lowest BCUT2D eigenvalue weighted by atomic mass is 10.0. The summed E-state index contributed by atoms with van der Waals surface area (Å²) in [5, 5.41) is 7.30. The van der Waals surface area contributed by atoms with Crippen molar-refractivity contribution >= 4 is 22.7 Å². The number of amides is 2. The number of hydrogen-bond acceptors (Lipinski definition) is 4. The fourth-order valence-corrected chi connectivity index (χ4v) is 5.79. The number of aromatic nitrogens is 1. The van der Waals surface area contributed by atoms with Crippen LogP contribution in [-0.4, -0.2) is 64.4 Å². The Morgan fingerprint density at radius 2 is 1.92 bits per heavy atom. The number of aryl methyl sites for hydroxylation is 1. The van der Waals surface area contributed by atoms with Crippen LogP contribution >= 0.6 is 0 Å². The molecule has 0 spiro atoms. The quantitative estimate of drug-likeness (QED) is 0.533. The van der Waals surface area contributed by atoms with Gasteiger partial charge in [0.15, 0.2) is 0 Å². The molecule has 7 nitrogen and oxygen atoms in total. The van der Waals surface area contributed by atoms with Gasteiger partial charge in [-0.15, -0.1) is 0 Å². The van der Waals surface area contributed by atoms with E-state index in [0.29, 0.717) is 25.9 Å². The Bertz CT molecular complexity index is 1240. The second-order valence-electron chi connectivity index (χ2n) is 10.1. The summed E-state index contributed by atoms with van der Waals surface area (Å²) in [6.45, 7) is 2.52. The minimum Gasteiger partial charge on any atom is -0.353 e. The van der Waals surface area contributed by atoms with Gasteiger partial charge in [0.2, 0.25) is 11.8 Å². The van der Waals surface area contributed by atoms with Gasteiger partial charge in [0.05, 0.1) is 0 Å². The first-order valence-electron chi connectivity index (χ1n) is 12.7. The number of carbonyl (C=O) groups excluding carboxylic acids is 2. The van der Waals surface area contributed by atoms with E-state index in [1.807, 2.05) is 0 Å². The van der Waals surface area contributed by atoms with Gasteiger partial charge in [-0.3, -0.25) is 19.4 Å². The first kappa shape index (κ1) is 24.5. The zero-order valence-electron chi connectivity index (χ0n) is 20.9. The highest BCUT2D eigenvalue weighted by Crippen LogP contribution is 2.30. The van der Waals surface area contributed by atoms with Crippen LogP contribution in [0.25, 0.3) is 10.9 Å². The van der Waals surface area contributed by atoms with E-state index in [0.717, 1.165) is 25.1 Å². The Morgan fingerprint density at radius 3 is 2.72 bits per heavy atom. The second kappa shape index (κ2) is 10.4. The van der Waals surface area contributed by atoms with Crippen molar-refractivity contribution in [3.05, 3.63) is 71.7 Å². The van der Waals surface area contributed by atoms with Crippen LogP contribution < -0.4 is 10.6 Å². The Morgan fingerprint density at radius 1 is 1.14 bits per heavy atom. The number of rotatable bonds is 7. The van der Waals surface area contributed by atoms with Gasteiger partial charge in [-0.25, -0.2) is 4.39 Å². The Labute approximate surface area is 211 Å². The van der Waals surface area contributed by atoms with Gasteiger partial charge in [0.1, 0.15) is 11.9 Å².